The predicted octanol–water partition coefficient (Wildman–Crippen LogP) is 2.17. The number of esters is 2. The summed E-state index contributed by atoms with van der Waals surface area (Å²) in [7, 11) is 0. The zero-order valence-electron chi connectivity index (χ0n) is 8.90. The van der Waals surface area contributed by atoms with Gasteiger partial charge in [0.15, 0.2) is 0 Å². The van der Waals surface area contributed by atoms with Crippen LogP contribution in [0.2, 0.25) is 0 Å². The van der Waals surface area contributed by atoms with Crippen molar-refractivity contribution >= 4 is 11.9 Å². The molecule has 0 aromatic heterocycles. The molecule has 0 rings (SSSR count). The molecule has 0 N–H and O–H groups in total. The molecule has 0 heterocycles. The molecule has 15 heavy (non-hydrogen) atoms. The first-order chi connectivity index (χ1) is 7.11. The number of carbonyl (C=O) groups is 2. The van der Waals surface area contributed by atoms with Gasteiger partial charge in [0.05, 0.1) is 18.4 Å². The molecule has 84 valence electrons. The third kappa shape index (κ3) is 6.49. The SMILES string of the molecule is C=COC(=O)CCCC(C)C(=O)OC=C. The molecule has 1 atom stereocenters. The maximum absolute atomic E-state index is 11.1. The van der Waals surface area contributed by atoms with Gasteiger partial charge in [-0.05, 0) is 12.8 Å². The first-order valence-electron chi connectivity index (χ1n) is 4.73. The molecule has 0 saturated carbocycles. The third-order valence-corrected chi connectivity index (χ3v) is 1.83. The monoisotopic (exact) mass is 212 g/mol. The Kier molecular flexibility index (Phi) is 6.97. The van der Waals surface area contributed by atoms with E-state index < -0.39 is 0 Å². The van der Waals surface area contributed by atoms with Crippen molar-refractivity contribution in [3.05, 3.63) is 25.7 Å². The van der Waals surface area contributed by atoms with Crippen LogP contribution in [0.3, 0.4) is 0 Å². The Balaban J connectivity index is 3.66. The highest BCUT2D eigenvalue weighted by Gasteiger charge is 2.13. The van der Waals surface area contributed by atoms with Crippen molar-refractivity contribution in [2.45, 2.75) is 26.2 Å². The van der Waals surface area contributed by atoms with E-state index in [9.17, 15) is 9.59 Å². The zero-order valence-corrected chi connectivity index (χ0v) is 8.90. The molecule has 0 spiro atoms. The zero-order chi connectivity index (χ0) is 11.7. The van der Waals surface area contributed by atoms with Gasteiger partial charge in [0.25, 0.3) is 0 Å². The summed E-state index contributed by atoms with van der Waals surface area (Å²) in [5.74, 6) is -0.907. The van der Waals surface area contributed by atoms with Gasteiger partial charge in [-0.15, -0.1) is 0 Å². The van der Waals surface area contributed by atoms with Crippen LogP contribution in [0.4, 0.5) is 0 Å². The Labute approximate surface area is 89.6 Å². The van der Waals surface area contributed by atoms with E-state index in [0.29, 0.717) is 12.8 Å². The van der Waals surface area contributed by atoms with Gasteiger partial charge in [-0.1, -0.05) is 20.1 Å². The Morgan fingerprint density at radius 1 is 1.27 bits per heavy atom. The minimum absolute atomic E-state index is 0.237. The first-order valence-corrected chi connectivity index (χ1v) is 4.73. The molecule has 0 fully saturated rings. The van der Waals surface area contributed by atoms with Crippen molar-refractivity contribution in [3.63, 3.8) is 0 Å². The maximum Gasteiger partial charge on any atom is 0.313 e. The molecule has 0 aliphatic carbocycles. The van der Waals surface area contributed by atoms with E-state index in [1.807, 2.05) is 0 Å². The van der Waals surface area contributed by atoms with Crippen molar-refractivity contribution in [1.29, 1.82) is 0 Å². The van der Waals surface area contributed by atoms with Crippen LogP contribution in [0.15, 0.2) is 25.7 Å². The third-order valence-electron chi connectivity index (χ3n) is 1.83. The lowest BCUT2D eigenvalue weighted by Crippen LogP contribution is -2.12. The lowest BCUT2D eigenvalue weighted by atomic mass is 10.0. The van der Waals surface area contributed by atoms with Gasteiger partial charge in [-0.2, -0.15) is 0 Å². The van der Waals surface area contributed by atoms with Crippen molar-refractivity contribution in [2.75, 3.05) is 0 Å². The average molecular weight is 212 g/mol. The molecule has 0 radical (unpaired) electrons. The summed E-state index contributed by atoms with van der Waals surface area (Å²) in [6.07, 6.45) is 3.64. The number of carbonyl (C=O) groups excluding carboxylic acids is 2. The second-order valence-corrected chi connectivity index (χ2v) is 3.05. The van der Waals surface area contributed by atoms with Gasteiger partial charge in [-0.3, -0.25) is 9.59 Å². The van der Waals surface area contributed by atoms with E-state index >= 15 is 0 Å². The standard InChI is InChI=1S/C11H16O4/c1-4-14-10(12)8-6-7-9(3)11(13)15-5-2/h4-5,9H,1-2,6-8H2,3H3. The molecule has 0 saturated heterocycles. The molecule has 1 unspecified atom stereocenters. The molecule has 0 aliphatic rings. The van der Waals surface area contributed by atoms with E-state index in [4.69, 9.17) is 0 Å². The van der Waals surface area contributed by atoms with Gasteiger partial charge in [-0.25, -0.2) is 0 Å². The summed E-state index contributed by atoms with van der Waals surface area (Å²) in [6.45, 7) is 8.30. The molecular weight excluding hydrogens is 196 g/mol. The molecule has 4 heteroatoms. The maximum atomic E-state index is 11.1. The Hall–Kier alpha value is -1.58. The van der Waals surface area contributed by atoms with Crippen LogP contribution in [-0.2, 0) is 19.1 Å². The van der Waals surface area contributed by atoms with Gasteiger partial charge in [0.2, 0.25) is 0 Å². The van der Waals surface area contributed by atoms with Crippen LogP contribution in [0.25, 0.3) is 0 Å². The summed E-state index contributed by atoms with van der Waals surface area (Å²) in [4.78, 5) is 22.0. The highest BCUT2D eigenvalue weighted by Crippen LogP contribution is 2.10. The normalized spacial score (nSPS) is 11.3. The van der Waals surface area contributed by atoms with Crippen LogP contribution in [0, 0.1) is 5.92 Å². The highest BCUT2D eigenvalue weighted by atomic mass is 16.5. The highest BCUT2D eigenvalue weighted by molar-refractivity contribution is 5.73. The smallest absolute Gasteiger partial charge is 0.313 e. The number of ether oxygens (including phenoxy) is 2. The van der Waals surface area contributed by atoms with E-state index in [-0.39, 0.29) is 24.3 Å². The van der Waals surface area contributed by atoms with Gasteiger partial charge < -0.3 is 9.47 Å². The fourth-order valence-electron chi connectivity index (χ4n) is 1.02. The molecular formula is C11H16O4. The predicted molar refractivity (Wildman–Crippen MR) is 55.6 cm³/mol. The Morgan fingerprint density at radius 2 is 1.87 bits per heavy atom. The summed E-state index contributed by atoms with van der Waals surface area (Å²) in [6, 6.07) is 0. The van der Waals surface area contributed by atoms with E-state index in [1.165, 1.54) is 0 Å². The quantitative estimate of drug-likeness (QED) is 0.479. The lowest BCUT2D eigenvalue weighted by molar-refractivity contribution is -0.143. The Morgan fingerprint density at radius 3 is 2.40 bits per heavy atom. The number of hydrogen-bond donors (Lipinski definition) is 0. The molecule has 0 amide bonds. The summed E-state index contributed by atoms with van der Waals surface area (Å²) in [5.41, 5.74) is 0. The van der Waals surface area contributed by atoms with Gasteiger partial charge in [0, 0.05) is 6.42 Å². The number of rotatable bonds is 7. The van der Waals surface area contributed by atoms with Gasteiger partial charge >= 0.3 is 11.9 Å². The lowest BCUT2D eigenvalue weighted by Gasteiger charge is -2.07. The van der Waals surface area contributed by atoms with E-state index in [0.717, 1.165) is 12.5 Å². The number of hydrogen-bond acceptors (Lipinski definition) is 4. The summed E-state index contributed by atoms with van der Waals surface area (Å²) >= 11 is 0. The van der Waals surface area contributed by atoms with Crippen molar-refractivity contribution in [1.82, 2.24) is 0 Å². The van der Waals surface area contributed by atoms with Crippen molar-refractivity contribution in [2.24, 2.45) is 5.92 Å². The summed E-state index contributed by atoms with van der Waals surface area (Å²) < 4.78 is 9.13. The van der Waals surface area contributed by atoms with Crippen LogP contribution in [0.5, 0.6) is 0 Å². The molecule has 0 aliphatic heterocycles. The largest absolute Gasteiger partial charge is 0.435 e. The fourth-order valence-corrected chi connectivity index (χ4v) is 1.02. The topological polar surface area (TPSA) is 52.6 Å². The van der Waals surface area contributed by atoms with Crippen LogP contribution < -0.4 is 0 Å². The van der Waals surface area contributed by atoms with Crippen LogP contribution in [0.1, 0.15) is 26.2 Å². The second-order valence-electron chi connectivity index (χ2n) is 3.05. The van der Waals surface area contributed by atoms with Crippen LogP contribution >= 0.6 is 0 Å². The molecule has 0 aromatic carbocycles. The fraction of sp³-hybridized carbons (Fsp3) is 0.455. The first kappa shape index (κ1) is 13.4. The van der Waals surface area contributed by atoms with E-state index in [1.54, 1.807) is 6.92 Å². The average Bonchev–Trinajstić information content (AvgIpc) is 2.18. The molecule has 0 bridgehead atoms. The summed E-state index contributed by atoms with van der Waals surface area (Å²) in [5, 5.41) is 0. The Bertz CT molecular complexity index is 245. The molecule has 4 nitrogen and oxygen atoms in total. The van der Waals surface area contributed by atoms with E-state index in [2.05, 4.69) is 22.6 Å². The van der Waals surface area contributed by atoms with Crippen molar-refractivity contribution < 1.29 is 19.1 Å². The minimum Gasteiger partial charge on any atom is -0.435 e. The van der Waals surface area contributed by atoms with Crippen molar-refractivity contribution in [3.8, 4) is 0 Å². The molecule has 0 aromatic rings. The van der Waals surface area contributed by atoms with Gasteiger partial charge in [0.1, 0.15) is 0 Å². The second kappa shape index (κ2) is 7.79. The minimum atomic E-state index is -0.339. The van der Waals surface area contributed by atoms with Crippen LogP contribution in [-0.4, -0.2) is 11.9 Å².